The van der Waals surface area contributed by atoms with Crippen LogP contribution in [0.5, 0.6) is 0 Å². The van der Waals surface area contributed by atoms with Gasteiger partial charge in [0.15, 0.2) is 0 Å². The summed E-state index contributed by atoms with van der Waals surface area (Å²) in [5.41, 5.74) is 10.0. The van der Waals surface area contributed by atoms with Gasteiger partial charge in [0.25, 0.3) is 0 Å². The van der Waals surface area contributed by atoms with Crippen LogP contribution in [0.25, 0.3) is 5.57 Å². The summed E-state index contributed by atoms with van der Waals surface area (Å²) in [6.07, 6.45) is 20.3. The molecule has 1 heteroatoms. The van der Waals surface area contributed by atoms with Gasteiger partial charge in [-0.25, -0.2) is 0 Å². The lowest BCUT2D eigenvalue weighted by molar-refractivity contribution is 0.835. The maximum absolute atomic E-state index is 6.30. The Morgan fingerprint density at radius 1 is 1.17 bits per heavy atom. The van der Waals surface area contributed by atoms with E-state index in [1.54, 1.807) is 0 Å². The molecule has 1 aromatic carbocycles. The third kappa shape index (κ3) is 7.43. The smallest absolute Gasteiger partial charge is 0.0452 e. The molecule has 0 saturated carbocycles. The number of nitrogens with two attached hydrogens (primary N) is 1. The van der Waals surface area contributed by atoms with E-state index in [2.05, 4.69) is 79.8 Å². The number of allylic oxidation sites excluding steroid dienone is 8. The Kier molecular flexibility index (Phi) is 10.2. The van der Waals surface area contributed by atoms with E-state index < -0.39 is 0 Å². The van der Waals surface area contributed by atoms with Crippen LogP contribution in [0.1, 0.15) is 45.6 Å². The minimum absolute atomic E-state index is 0.00337. The second-order valence-corrected chi connectivity index (χ2v) is 5.70. The first kappa shape index (κ1) is 19.9. The van der Waals surface area contributed by atoms with Gasteiger partial charge in [-0.1, -0.05) is 85.9 Å². The van der Waals surface area contributed by atoms with Crippen LogP contribution < -0.4 is 5.73 Å². The molecule has 1 aromatic rings. The fourth-order valence-corrected chi connectivity index (χ4v) is 2.49. The molecule has 0 saturated heterocycles. The van der Waals surface area contributed by atoms with Crippen LogP contribution in [0.2, 0.25) is 0 Å². The molecule has 1 nitrogen and oxygen atoms in total. The van der Waals surface area contributed by atoms with Gasteiger partial charge in [-0.15, -0.1) is 0 Å². The van der Waals surface area contributed by atoms with E-state index in [0.717, 1.165) is 19.3 Å². The second kappa shape index (κ2) is 12.3. The van der Waals surface area contributed by atoms with E-state index in [4.69, 9.17) is 5.73 Å². The molecule has 0 aromatic heterocycles. The van der Waals surface area contributed by atoms with Crippen LogP contribution in [0.4, 0.5) is 0 Å². The zero-order valence-corrected chi connectivity index (χ0v) is 15.3. The highest BCUT2D eigenvalue weighted by Gasteiger charge is 2.09. The summed E-state index contributed by atoms with van der Waals surface area (Å²) in [6.45, 7) is 6.19. The summed E-state index contributed by atoms with van der Waals surface area (Å²) in [5, 5.41) is 0. The van der Waals surface area contributed by atoms with Crippen molar-refractivity contribution in [3.63, 3.8) is 0 Å². The first-order valence-electron chi connectivity index (χ1n) is 8.85. The summed E-state index contributed by atoms with van der Waals surface area (Å²) in [5.74, 6) is 0. The third-order valence-corrected chi connectivity index (χ3v) is 3.76. The van der Waals surface area contributed by atoms with Crippen molar-refractivity contribution in [3.05, 3.63) is 90.1 Å². The highest BCUT2D eigenvalue weighted by atomic mass is 14.6. The fourth-order valence-electron chi connectivity index (χ4n) is 2.49. The van der Waals surface area contributed by atoms with E-state index in [1.165, 1.54) is 16.7 Å². The van der Waals surface area contributed by atoms with Gasteiger partial charge in [0.05, 0.1) is 0 Å². The highest BCUT2D eigenvalue weighted by Crippen LogP contribution is 2.21. The van der Waals surface area contributed by atoms with Gasteiger partial charge in [0, 0.05) is 6.04 Å². The molecule has 0 radical (unpaired) electrons. The summed E-state index contributed by atoms with van der Waals surface area (Å²) < 4.78 is 0. The standard InChI is InChI=1S/C18H21N.C5H10/c1-2-9-17(15-10-5-3-6-11-15)14-18(19)16-12-7-4-8-13-16;1-3-5-4-2/h2-7,9-12,14,18H,8,13,19H2,1H3;3,5H,4H2,1-2H3/b9-2+,17-14+;. The normalized spacial score (nSPS) is 16.0. The molecule has 0 fully saturated rings. The first-order chi connectivity index (χ1) is 11.7. The molecule has 0 bridgehead atoms. The minimum atomic E-state index is -0.00337. The van der Waals surface area contributed by atoms with Crippen molar-refractivity contribution in [2.45, 2.75) is 46.1 Å². The van der Waals surface area contributed by atoms with Crippen LogP contribution in [-0.4, -0.2) is 6.04 Å². The Balaban J connectivity index is 0.000000505. The summed E-state index contributed by atoms with van der Waals surface area (Å²) in [4.78, 5) is 0. The van der Waals surface area contributed by atoms with Crippen molar-refractivity contribution in [2.75, 3.05) is 0 Å². The molecule has 1 aliphatic rings. The van der Waals surface area contributed by atoms with Crippen LogP contribution >= 0.6 is 0 Å². The number of hydrogen-bond acceptors (Lipinski definition) is 1. The number of hydrogen-bond donors (Lipinski definition) is 1. The molecule has 0 heterocycles. The van der Waals surface area contributed by atoms with Gasteiger partial charge in [-0.05, 0) is 49.8 Å². The second-order valence-electron chi connectivity index (χ2n) is 5.70. The van der Waals surface area contributed by atoms with E-state index in [-0.39, 0.29) is 6.04 Å². The van der Waals surface area contributed by atoms with E-state index >= 15 is 0 Å². The van der Waals surface area contributed by atoms with Gasteiger partial charge in [0.1, 0.15) is 0 Å². The molecule has 128 valence electrons. The van der Waals surface area contributed by atoms with E-state index in [1.807, 2.05) is 19.9 Å². The Bertz CT molecular complexity index is 600. The van der Waals surface area contributed by atoms with Crippen molar-refractivity contribution in [2.24, 2.45) is 5.73 Å². The molecule has 0 amide bonds. The maximum atomic E-state index is 6.30. The lowest BCUT2D eigenvalue weighted by Gasteiger charge is -2.15. The molecule has 1 atom stereocenters. The van der Waals surface area contributed by atoms with Crippen LogP contribution in [0.15, 0.2) is 84.5 Å². The molecule has 1 aliphatic carbocycles. The van der Waals surface area contributed by atoms with Crippen molar-refractivity contribution in [1.29, 1.82) is 0 Å². The quantitative estimate of drug-likeness (QED) is 0.505. The number of rotatable bonds is 5. The van der Waals surface area contributed by atoms with Crippen LogP contribution in [0, 0.1) is 0 Å². The van der Waals surface area contributed by atoms with Gasteiger partial charge in [-0.3, -0.25) is 0 Å². The molecule has 1 unspecified atom stereocenters. The van der Waals surface area contributed by atoms with E-state index in [9.17, 15) is 0 Å². The van der Waals surface area contributed by atoms with Crippen molar-refractivity contribution in [1.82, 2.24) is 0 Å². The van der Waals surface area contributed by atoms with E-state index in [0.29, 0.717) is 0 Å². The van der Waals surface area contributed by atoms with Crippen molar-refractivity contribution in [3.8, 4) is 0 Å². The molecular weight excluding hydrogens is 290 g/mol. The monoisotopic (exact) mass is 321 g/mol. The predicted molar refractivity (Wildman–Crippen MR) is 109 cm³/mol. The largest absolute Gasteiger partial charge is 0.321 e. The lowest BCUT2D eigenvalue weighted by atomic mass is 9.95. The molecule has 24 heavy (non-hydrogen) atoms. The van der Waals surface area contributed by atoms with Gasteiger partial charge in [0.2, 0.25) is 0 Å². The summed E-state index contributed by atoms with van der Waals surface area (Å²) in [6, 6.07) is 10.4. The Morgan fingerprint density at radius 2 is 1.92 bits per heavy atom. The Hall–Kier alpha value is -2.12. The Labute approximate surface area is 148 Å². The van der Waals surface area contributed by atoms with Crippen LogP contribution in [-0.2, 0) is 0 Å². The summed E-state index contributed by atoms with van der Waals surface area (Å²) >= 11 is 0. The fraction of sp³-hybridized carbons (Fsp3) is 0.304. The first-order valence-corrected chi connectivity index (χ1v) is 8.85. The summed E-state index contributed by atoms with van der Waals surface area (Å²) in [7, 11) is 0. The topological polar surface area (TPSA) is 26.0 Å². The average molecular weight is 322 g/mol. The Morgan fingerprint density at radius 3 is 2.42 bits per heavy atom. The molecule has 2 rings (SSSR count). The highest BCUT2D eigenvalue weighted by molar-refractivity contribution is 5.74. The van der Waals surface area contributed by atoms with Gasteiger partial charge >= 0.3 is 0 Å². The molecule has 2 N–H and O–H groups in total. The van der Waals surface area contributed by atoms with Crippen molar-refractivity contribution < 1.29 is 0 Å². The predicted octanol–water partition coefficient (Wildman–Crippen LogP) is 6.22. The molecular formula is C23H31N. The molecule has 0 aliphatic heterocycles. The zero-order chi connectivity index (χ0) is 17.6. The van der Waals surface area contributed by atoms with Crippen LogP contribution in [0.3, 0.4) is 0 Å². The number of benzene rings is 1. The minimum Gasteiger partial charge on any atom is -0.321 e. The van der Waals surface area contributed by atoms with Crippen molar-refractivity contribution >= 4 is 5.57 Å². The SMILES string of the molecule is C/C=C/C(=C\C(N)C1=CC=CCC1)c1ccccc1.CC=CCC. The van der Waals surface area contributed by atoms with Gasteiger partial charge < -0.3 is 5.73 Å². The third-order valence-electron chi connectivity index (χ3n) is 3.76. The van der Waals surface area contributed by atoms with Gasteiger partial charge in [-0.2, -0.15) is 0 Å². The lowest BCUT2D eigenvalue weighted by Crippen LogP contribution is -2.21. The average Bonchev–Trinajstić information content (AvgIpc) is 2.64. The molecule has 0 spiro atoms. The maximum Gasteiger partial charge on any atom is 0.0452 e. The zero-order valence-electron chi connectivity index (χ0n) is 15.3.